The van der Waals surface area contributed by atoms with Gasteiger partial charge in [-0.1, -0.05) is 27.7 Å². The minimum atomic E-state index is -3.58. The van der Waals surface area contributed by atoms with Crippen LogP contribution in [-0.4, -0.2) is 54.2 Å². The summed E-state index contributed by atoms with van der Waals surface area (Å²) in [6.45, 7) is 9.00. The second-order valence-corrected chi connectivity index (χ2v) is 4.06. The van der Waals surface area contributed by atoms with Crippen LogP contribution in [0.2, 0.25) is 0 Å². The molecule has 0 rings (SSSR count). The molecule has 0 radical (unpaired) electrons. The van der Waals surface area contributed by atoms with E-state index in [1.807, 2.05) is 27.7 Å². The van der Waals surface area contributed by atoms with Crippen molar-refractivity contribution in [1.82, 2.24) is 0 Å². The first-order chi connectivity index (χ1) is 9.39. The van der Waals surface area contributed by atoms with Gasteiger partial charge in [-0.25, -0.2) is 0 Å². The van der Waals surface area contributed by atoms with E-state index in [0.717, 1.165) is 25.7 Å². The van der Waals surface area contributed by atoms with Gasteiger partial charge in [-0.05, 0) is 25.7 Å². The van der Waals surface area contributed by atoms with E-state index < -0.39 is 18.6 Å². The number of aliphatic hydroxyl groups excluding tert-OH is 4. The first-order valence-electron chi connectivity index (χ1n) is 6.74. The topological polar surface area (TPSA) is 138 Å². The summed E-state index contributed by atoms with van der Waals surface area (Å²) >= 11 is -3.58. The van der Waals surface area contributed by atoms with Gasteiger partial charge < -0.3 is 20.4 Å². The number of rotatable bonds is 4. The maximum atomic E-state index is 8.81. The molecule has 0 heterocycles. The van der Waals surface area contributed by atoms with Crippen molar-refractivity contribution in [2.24, 2.45) is 0 Å². The molecule has 6 N–H and O–H groups in total. The average molecular weight is 338 g/mol. The van der Waals surface area contributed by atoms with Gasteiger partial charge in [0.05, 0.1) is 0 Å². The molecule has 0 aliphatic carbocycles. The fourth-order valence-corrected chi connectivity index (χ4v) is 0. The summed E-state index contributed by atoms with van der Waals surface area (Å²) in [7, 11) is 0. The molecule has 20 heavy (non-hydrogen) atoms. The second-order valence-electron chi connectivity index (χ2n) is 3.18. The Bertz CT molecular complexity index is 98.4. The van der Waals surface area contributed by atoms with E-state index in [0.29, 0.717) is 26.4 Å². The molecular formula is C12H34O7Ti. The van der Waals surface area contributed by atoms with Crippen LogP contribution in [0.5, 0.6) is 0 Å². The van der Waals surface area contributed by atoms with Crippen molar-refractivity contribution in [3.8, 4) is 0 Å². The molecule has 0 aromatic heterocycles. The fourth-order valence-electron chi connectivity index (χ4n) is 0. The van der Waals surface area contributed by atoms with Gasteiger partial charge in [0.15, 0.2) is 0 Å². The quantitative estimate of drug-likeness (QED) is 0.406. The normalized spacial score (nSPS) is 7.30. The van der Waals surface area contributed by atoms with Gasteiger partial charge in [-0.3, -0.25) is 0 Å². The summed E-state index contributed by atoms with van der Waals surface area (Å²) in [6.07, 6.45) is 3.50. The second kappa shape index (κ2) is 50.6. The Morgan fingerprint density at radius 2 is 0.650 bits per heavy atom. The molecule has 0 aliphatic rings. The SMILES string of the molecule is CCCO.CCCO.CCCO.CCCO.[O]=[Ti]([OH])[OH]. The summed E-state index contributed by atoms with van der Waals surface area (Å²) in [4.78, 5) is 0. The molecule has 0 aliphatic heterocycles. The summed E-state index contributed by atoms with van der Waals surface area (Å²) in [5.74, 6) is 0. The minimum absolute atomic E-state index is 0.319. The summed E-state index contributed by atoms with van der Waals surface area (Å²) in [6, 6.07) is 0. The molecule has 0 bridgehead atoms. The van der Waals surface area contributed by atoms with Crippen LogP contribution >= 0.6 is 0 Å². The van der Waals surface area contributed by atoms with Crippen LogP contribution in [0.1, 0.15) is 53.4 Å². The number of hydrogen-bond acceptors (Lipinski definition) is 5. The Kier molecular flexibility index (Phi) is 81.7. The van der Waals surface area contributed by atoms with Crippen molar-refractivity contribution in [3.63, 3.8) is 0 Å². The van der Waals surface area contributed by atoms with Gasteiger partial charge in [0.1, 0.15) is 0 Å². The fraction of sp³-hybridized carbons (Fsp3) is 1.00. The Labute approximate surface area is 130 Å². The molecule has 7 nitrogen and oxygen atoms in total. The van der Waals surface area contributed by atoms with Crippen LogP contribution in [0.15, 0.2) is 0 Å². The van der Waals surface area contributed by atoms with Crippen molar-refractivity contribution in [2.45, 2.75) is 53.4 Å². The molecule has 0 saturated carbocycles. The monoisotopic (exact) mass is 338 g/mol. The Balaban J connectivity index is -0.0000000469. The number of aliphatic hydroxyl groups is 4. The standard InChI is InChI=1S/4C3H8O.2H2O.O.Ti/c4*1-2-3-4;;;;/h4*4H,2-3H2,1H3;2*1H2;;/q;;;;;;;+2/p-2. The van der Waals surface area contributed by atoms with Crippen molar-refractivity contribution < 1.29 is 49.7 Å². The molecule has 0 aromatic rings. The summed E-state index contributed by atoms with van der Waals surface area (Å²) in [5, 5.41) is 31.5. The van der Waals surface area contributed by atoms with E-state index in [1.165, 1.54) is 0 Å². The van der Waals surface area contributed by atoms with Crippen LogP contribution < -0.4 is 0 Å². The van der Waals surface area contributed by atoms with E-state index in [-0.39, 0.29) is 0 Å². The van der Waals surface area contributed by atoms with Gasteiger partial charge in [0.2, 0.25) is 0 Å². The van der Waals surface area contributed by atoms with Gasteiger partial charge in [-0.2, -0.15) is 0 Å². The molecule has 8 heteroatoms. The Hall–Kier alpha value is 0.274. The van der Waals surface area contributed by atoms with Crippen molar-refractivity contribution >= 4 is 0 Å². The van der Waals surface area contributed by atoms with Crippen LogP contribution in [0.25, 0.3) is 0 Å². The number of hydrogen-bond donors (Lipinski definition) is 6. The first-order valence-corrected chi connectivity index (χ1v) is 8.78. The molecule has 0 fully saturated rings. The van der Waals surface area contributed by atoms with E-state index in [2.05, 4.69) is 0 Å². The summed E-state index contributed by atoms with van der Waals surface area (Å²) in [5.41, 5.74) is 0. The predicted molar refractivity (Wildman–Crippen MR) is 74.6 cm³/mol. The molecule has 0 aromatic carbocycles. The first kappa shape index (κ1) is 32.3. The molecule has 0 spiro atoms. The van der Waals surface area contributed by atoms with Gasteiger partial charge in [-0.15, -0.1) is 0 Å². The van der Waals surface area contributed by atoms with Crippen molar-refractivity contribution in [2.75, 3.05) is 26.4 Å². The molecular weight excluding hydrogens is 304 g/mol. The van der Waals surface area contributed by atoms with Crippen LogP contribution in [0, 0.1) is 0 Å². The zero-order valence-corrected chi connectivity index (χ0v) is 14.8. The maximum absolute atomic E-state index is 8.81. The molecule has 128 valence electrons. The third-order valence-electron chi connectivity index (χ3n) is 0.894. The van der Waals surface area contributed by atoms with Gasteiger partial charge >= 0.3 is 29.3 Å². The van der Waals surface area contributed by atoms with E-state index >= 15 is 0 Å². The molecule has 0 unspecified atom stereocenters. The van der Waals surface area contributed by atoms with E-state index in [9.17, 15) is 0 Å². The third-order valence-corrected chi connectivity index (χ3v) is 0.894. The molecule has 0 saturated heterocycles. The van der Waals surface area contributed by atoms with E-state index in [1.54, 1.807) is 0 Å². The van der Waals surface area contributed by atoms with Gasteiger partial charge in [0, 0.05) is 26.4 Å². The van der Waals surface area contributed by atoms with Gasteiger partial charge in [0.25, 0.3) is 0 Å². The predicted octanol–water partition coefficient (Wildman–Crippen LogP) is 0.319. The third kappa shape index (κ3) is 298. The van der Waals surface area contributed by atoms with Crippen LogP contribution in [-0.2, 0) is 21.9 Å². The molecule has 0 atom stereocenters. The van der Waals surface area contributed by atoms with E-state index in [4.69, 9.17) is 31.1 Å². The Morgan fingerprint density at radius 1 is 0.600 bits per heavy atom. The average Bonchev–Trinajstić information content (AvgIpc) is 2.47. The zero-order chi connectivity index (χ0) is 17.2. The molecule has 0 amide bonds. The van der Waals surface area contributed by atoms with Crippen molar-refractivity contribution in [3.05, 3.63) is 0 Å². The zero-order valence-electron chi connectivity index (χ0n) is 13.2. The van der Waals surface area contributed by atoms with Crippen molar-refractivity contribution in [1.29, 1.82) is 0 Å². The van der Waals surface area contributed by atoms with Crippen LogP contribution in [0.3, 0.4) is 0 Å². The summed E-state index contributed by atoms with van der Waals surface area (Å²) < 4.78 is 23.2. The van der Waals surface area contributed by atoms with Crippen LogP contribution in [0.4, 0.5) is 0 Å². The Morgan fingerprint density at radius 3 is 0.650 bits per heavy atom.